The quantitative estimate of drug-likeness (QED) is 0.696. The van der Waals surface area contributed by atoms with Gasteiger partial charge in [0.2, 0.25) is 5.82 Å². The summed E-state index contributed by atoms with van der Waals surface area (Å²) in [5.41, 5.74) is 0. The van der Waals surface area contributed by atoms with Crippen LogP contribution in [0.3, 0.4) is 0 Å². The molecular formula is C6H10F2N4. The van der Waals surface area contributed by atoms with E-state index in [1.54, 1.807) is 0 Å². The minimum atomic E-state index is -2.63. The maximum Gasteiger partial charge on any atom is 0.301 e. The minimum absolute atomic E-state index is 0.324. The molecule has 1 rings (SSSR count). The Hall–Kier alpha value is -1.07. The lowest BCUT2D eigenvalue weighted by molar-refractivity contribution is 0.139. The summed E-state index contributed by atoms with van der Waals surface area (Å²) in [6.07, 6.45) is -2.63. The molecule has 0 saturated carbocycles. The largest absolute Gasteiger partial charge is 0.301 e. The topological polar surface area (TPSA) is 43.6 Å². The third-order valence-electron chi connectivity index (χ3n) is 1.19. The highest BCUT2D eigenvalue weighted by molar-refractivity contribution is 4.77. The Labute approximate surface area is 68.6 Å². The van der Waals surface area contributed by atoms with Gasteiger partial charge in [-0.1, -0.05) is 13.8 Å². The van der Waals surface area contributed by atoms with Crippen LogP contribution in [0.4, 0.5) is 8.78 Å². The molecule has 0 amide bonds. The molecule has 0 aliphatic carbocycles. The number of aromatic nitrogens is 4. The first-order valence-corrected chi connectivity index (χ1v) is 3.65. The smallest absolute Gasteiger partial charge is 0.201 e. The Kier molecular flexibility index (Phi) is 2.67. The summed E-state index contributed by atoms with van der Waals surface area (Å²) in [6.45, 7) is 4.41. The first-order valence-electron chi connectivity index (χ1n) is 3.65. The monoisotopic (exact) mass is 176 g/mol. The molecule has 0 spiro atoms. The predicted octanol–water partition coefficient (Wildman–Crippen LogP) is 1.27. The molecule has 0 aliphatic heterocycles. The van der Waals surface area contributed by atoms with Crippen molar-refractivity contribution in [3.05, 3.63) is 5.82 Å². The van der Waals surface area contributed by atoms with Gasteiger partial charge in [0.25, 0.3) is 0 Å². The predicted molar refractivity (Wildman–Crippen MR) is 37.6 cm³/mol. The summed E-state index contributed by atoms with van der Waals surface area (Å²) in [5.74, 6) is -0.180. The van der Waals surface area contributed by atoms with Gasteiger partial charge in [-0.25, -0.2) is 8.78 Å². The van der Waals surface area contributed by atoms with Gasteiger partial charge in [-0.2, -0.15) is 4.80 Å². The fraction of sp³-hybridized carbons (Fsp3) is 0.833. The van der Waals surface area contributed by atoms with Gasteiger partial charge in [0.15, 0.2) is 0 Å². The van der Waals surface area contributed by atoms with Crippen LogP contribution in [0, 0.1) is 5.92 Å². The number of tetrazole rings is 1. The third-order valence-corrected chi connectivity index (χ3v) is 1.19. The van der Waals surface area contributed by atoms with E-state index in [1.807, 2.05) is 13.8 Å². The molecule has 1 aromatic rings. The SMILES string of the molecule is CC(C)Cn1nnc(C(F)F)n1. The first-order chi connectivity index (χ1) is 5.59. The number of hydrogen-bond donors (Lipinski definition) is 0. The zero-order valence-corrected chi connectivity index (χ0v) is 6.91. The minimum Gasteiger partial charge on any atom is -0.201 e. The van der Waals surface area contributed by atoms with Gasteiger partial charge < -0.3 is 0 Å². The molecule has 0 bridgehead atoms. The van der Waals surface area contributed by atoms with E-state index >= 15 is 0 Å². The molecule has 0 saturated heterocycles. The van der Waals surface area contributed by atoms with Crippen molar-refractivity contribution in [2.45, 2.75) is 26.8 Å². The Morgan fingerprint density at radius 1 is 1.42 bits per heavy atom. The van der Waals surface area contributed by atoms with E-state index in [9.17, 15) is 8.78 Å². The van der Waals surface area contributed by atoms with E-state index in [2.05, 4.69) is 15.4 Å². The summed E-state index contributed by atoms with van der Waals surface area (Å²) in [6, 6.07) is 0. The maximum absolute atomic E-state index is 11.9. The molecule has 6 heteroatoms. The van der Waals surface area contributed by atoms with Crippen LogP contribution in [0.5, 0.6) is 0 Å². The van der Waals surface area contributed by atoms with Crippen molar-refractivity contribution in [3.8, 4) is 0 Å². The van der Waals surface area contributed by atoms with Gasteiger partial charge >= 0.3 is 6.43 Å². The highest BCUT2D eigenvalue weighted by atomic mass is 19.3. The average molecular weight is 176 g/mol. The van der Waals surface area contributed by atoms with Crippen LogP contribution in [0.2, 0.25) is 0 Å². The van der Waals surface area contributed by atoms with Crippen molar-refractivity contribution in [1.29, 1.82) is 0 Å². The zero-order valence-electron chi connectivity index (χ0n) is 6.91. The lowest BCUT2D eigenvalue weighted by atomic mass is 10.2. The van der Waals surface area contributed by atoms with Crippen LogP contribution in [-0.2, 0) is 6.54 Å². The van der Waals surface area contributed by atoms with Crippen LogP contribution >= 0.6 is 0 Å². The number of halogens is 2. The molecule has 68 valence electrons. The Morgan fingerprint density at radius 3 is 2.50 bits per heavy atom. The number of nitrogens with zero attached hydrogens (tertiary/aromatic N) is 4. The second kappa shape index (κ2) is 3.55. The molecule has 4 nitrogen and oxygen atoms in total. The van der Waals surface area contributed by atoms with Crippen molar-refractivity contribution >= 4 is 0 Å². The summed E-state index contributed by atoms with van der Waals surface area (Å²) < 4.78 is 23.9. The van der Waals surface area contributed by atoms with Gasteiger partial charge in [-0.15, -0.1) is 10.2 Å². The standard InChI is InChI=1S/C6H10F2N4/c1-4(2)3-12-10-6(5(7)8)9-11-12/h4-5H,3H2,1-2H3. The molecule has 0 aromatic carbocycles. The normalized spacial score (nSPS) is 11.5. The summed E-state index contributed by atoms with van der Waals surface area (Å²) in [4.78, 5) is 1.19. The zero-order chi connectivity index (χ0) is 9.14. The van der Waals surface area contributed by atoms with E-state index in [0.717, 1.165) is 0 Å². The molecule has 0 N–H and O–H groups in total. The van der Waals surface area contributed by atoms with Crippen LogP contribution in [0.15, 0.2) is 0 Å². The van der Waals surface area contributed by atoms with Crippen LogP contribution in [0.25, 0.3) is 0 Å². The van der Waals surface area contributed by atoms with Gasteiger partial charge in [-0.3, -0.25) is 0 Å². The fourth-order valence-corrected chi connectivity index (χ4v) is 0.747. The number of alkyl halides is 2. The molecular weight excluding hydrogens is 166 g/mol. The Bertz CT molecular complexity index is 245. The van der Waals surface area contributed by atoms with Gasteiger partial charge in [0.1, 0.15) is 0 Å². The van der Waals surface area contributed by atoms with Crippen molar-refractivity contribution in [2.24, 2.45) is 5.92 Å². The van der Waals surface area contributed by atoms with Crippen LogP contribution in [0.1, 0.15) is 26.1 Å². The molecule has 0 unspecified atom stereocenters. The summed E-state index contributed by atoms with van der Waals surface area (Å²) in [7, 11) is 0. The molecule has 0 atom stereocenters. The van der Waals surface area contributed by atoms with Gasteiger partial charge in [0, 0.05) is 0 Å². The average Bonchev–Trinajstić information content (AvgIpc) is 2.34. The van der Waals surface area contributed by atoms with Gasteiger partial charge in [0.05, 0.1) is 6.54 Å². The first kappa shape index (κ1) is 9.02. The third kappa shape index (κ3) is 2.21. The van der Waals surface area contributed by atoms with Crippen molar-refractivity contribution < 1.29 is 8.78 Å². The van der Waals surface area contributed by atoms with E-state index in [1.165, 1.54) is 4.80 Å². The molecule has 0 fully saturated rings. The molecule has 0 radical (unpaired) electrons. The fourth-order valence-electron chi connectivity index (χ4n) is 0.747. The second-order valence-corrected chi connectivity index (χ2v) is 2.90. The van der Waals surface area contributed by atoms with E-state index in [-0.39, 0.29) is 0 Å². The molecule has 12 heavy (non-hydrogen) atoms. The number of rotatable bonds is 3. The van der Waals surface area contributed by atoms with Crippen LogP contribution in [-0.4, -0.2) is 20.2 Å². The maximum atomic E-state index is 11.9. The lowest BCUT2D eigenvalue weighted by Crippen LogP contribution is -2.08. The van der Waals surface area contributed by atoms with Crippen LogP contribution < -0.4 is 0 Å². The summed E-state index contributed by atoms with van der Waals surface area (Å²) in [5, 5.41) is 10.2. The second-order valence-electron chi connectivity index (χ2n) is 2.90. The molecule has 1 heterocycles. The summed E-state index contributed by atoms with van der Waals surface area (Å²) >= 11 is 0. The highest BCUT2D eigenvalue weighted by Gasteiger charge is 2.13. The Morgan fingerprint density at radius 2 is 2.08 bits per heavy atom. The van der Waals surface area contributed by atoms with Crippen molar-refractivity contribution in [3.63, 3.8) is 0 Å². The van der Waals surface area contributed by atoms with Gasteiger partial charge in [-0.05, 0) is 11.1 Å². The van der Waals surface area contributed by atoms with E-state index in [4.69, 9.17) is 0 Å². The lowest BCUT2D eigenvalue weighted by Gasteiger charge is -2.00. The van der Waals surface area contributed by atoms with E-state index < -0.39 is 12.2 Å². The van der Waals surface area contributed by atoms with Crippen molar-refractivity contribution in [2.75, 3.05) is 0 Å². The highest BCUT2D eigenvalue weighted by Crippen LogP contribution is 2.11. The van der Waals surface area contributed by atoms with Crippen molar-refractivity contribution in [1.82, 2.24) is 20.2 Å². The molecule has 1 aromatic heterocycles. The Balaban J connectivity index is 2.64. The molecule has 0 aliphatic rings. The van der Waals surface area contributed by atoms with E-state index in [0.29, 0.717) is 12.5 Å². The number of hydrogen-bond acceptors (Lipinski definition) is 3.